The number of hydrogen-bond acceptors (Lipinski definition) is 4. The maximum absolute atomic E-state index is 5.88. The Morgan fingerprint density at radius 1 is 1.12 bits per heavy atom. The van der Waals surface area contributed by atoms with E-state index in [0.717, 1.165) is 57.3 Å². The highest BCUT2D eigenvalue weighted by Crippen LogP contribution is 2.17. The third-order valence-electron chi connectivity index (χ3n) is 5.62. The van der Waals surface area contributed by atoms with Gasteiger partial charge in [-0.15, -0.1) is 24.0 Å². The highest BCUT2D eigenvalue weighted by atomic mass is 127. The molecule has 2 unspecified atom stereocenters. The molecule has 178 valence electrons. The summed E-state index contributed by atoms with van der Waals surface area (Å²) in [5.74, 6) is 0.830. The molecule has 0 aliphatic carbocycles. The van der Waals surface area contributed by atoms with Gasteiger partial charge in [-0.2, -0.15) is 5.10 Å². The van der Waals surface area contributed by atoms with Crippen molar-refractivity contribution in [1.29, 1.82) is 0 Å². The van der Waals surface area contributed by atoms with Gasteiger partial charge in [-0.3, -0.25) is 14.6 Å². The van der Waals surface area contributed by atoms with Crippen LogP contribution in [0, 0.1) is 13.8 Å². The van der Waals surface area contributed by atoms with Crippen LogP contribution < -0.4 is 10.6 Å². The van der Waals surface area contributed by atoms with Gasteiger partial charge in [0.1, 0.15) is 0 Å². The molecular weight excluding hydrogens is 515 g/mol. The minimum absolute atomic E-state index is 0. The molecule has 1 saturated heterocycles. The molecule has 0 saturated carbocycles. The van der Waals surface area contributed by atoms with Crippen molar-refractivity contribution in [2.75, 3.05) is 26.7 Å². The van der Waals surface area contributed by atoms with Crippen LogP contribution in [0.1, 0.15) is 42.8 Å². The number of aromatic nitrogens is 2. The number of nitrogens with zero attached hydrogens (tertiary/aromatic N) is 4. The van der Waals surface area contributed by atoms with Gasteiger partial charge in [0.25, 0.3) is 0 Å². The van der Waals surface area contributed by atoms with Crippen LogP contribution in [0.2, 0.25) is 0 Å². The Balaban J connectivity index is 0.00000363. The van der Waals surface area contributed by atoms with E-state index in [1.54, 1.807) is 0 Å². The highest BCUT2D eigenvalue weighted by Gasteiger charge is 2.22. The van der Waals surface area contributed by atoms with Crippen LogP contribution in [-0.2, 0) is 24.4 Å². The van der Waals surface area contributed by atoms with Crippen molar-refractivity contribution in [2.24, 2.45) is 4.99 Å². The first kappa shape index (κ1) is 26.6. The fourth-order valence-corrected chi connectivity index (χ4v) is 4.28. The average molecular weight is 555 g/mol. The SMILES string of the molecule is CN=C(NCCCn1nc(C)cc1C)NCc1ccccc1CN1CC(C)OC(C)C1.I. The summed E-state index contributed by atoms with van der Waals surface area (Å²) in [6.07, 6.45) is 1.56. The van der Waals surface area contributed by atoms with Gasteiger partial charge in [0.05, 0.1) is 17.9 Å². The lowest BCUT2D eigenvalue weighted by atomic mass is 10.1. The summed E-state index contributed by atoms with van der Waals surface area (Å²) < 4.78 is 7.94. The second-order valence-electron chi connectivity index (χ2n) is 8.58. The largest absolute Gasteiger partial charge is 0.373 e. The van der Waals surface area contributed by atoms with Gasteiger partial charge < -0.3 is 15.4 Å². The molecular formula is C24H39IN6O. The van der Waals surface area contributed by atoms with E-state index in [4.69, 9.17) is 4.74 Å². The van der Waals surface area contributed by atoms with Crippen molar-refractivity contribution >= 4 is 29.9 Å². The number of rotatable bonds is 8. The molecule has 0 radical (unpaired) electrons. The number of aryl methyl sites for hydroxylation is 3. The van der Waals surface area contributed by atoms with Crippen LogP contribution in [0.3, 0.4) is 0 Å². The number of benzene rings is 1. The van der Waals surface area contributed by atoms with E-state index in [1.807, 2.05) is 14.0 Å². The molecule has 1 aromatic carbocycles. The van der Waals surface area contributed by atoms with E-state index in [9.17, 15) is 0 Å². The Morgan fingerprint density at radius 2 is 1.81 bits per heavy atom. The summed E-state index contributed by atoms with van der Waals surface area (Å²) >= 11 is 0. The molecule has 1 aliphatic heterocycles. The fraction of sp³-hybridized carbons (Fsp3) is 0.583. The summed E-state index contributed by atoms with van der Waals surface area (Å²) in [6.45, 7) is 13.9. The fourth-order valence-electron chi connectivity index (χ4n) is 4.28. The molecule has 0 amide bonds. The molecule has 1 aliphatic rings. The first-order valence-electron chi connectivity index (χ1n) is 11.3. The first-order chi connectivity index (χ1) is 14.9. The van der Waals surface area contributed by atoms with Gasteiger partial charge in [0.2, 0.25) is 0 Å². The molecule has 32 heavy (non-hydrogen) atoms. The van der Waals surface area contributed by atoms with Crippen molar-refractivity contribution in [3.63, 3.8) is 0 Å². The molecule has 2 N–H and O–H groups in total. The van der Waals surface area contributed by atoms with Crippen LogP contribution in [0.4, 0.5) is 0 Å². The maximum Gasteiger partial charge on any atom is 0.191 e. The number of hydrogen-bond donors (Lipinski definition) is 2. The Labute approximate surface area is 210 Å². The number of ether oxygens (including phenoxy) is 1. The summed E-state index contributed by atoms with van der Waals surface area (Å²) in [5.41, 5.74) is 4.94. The van der Waals surface area contributed by atoms with Crippen molar-refractivity contribution in [3.8, 4) is 0 Å². The van der Waals surface area contributed by atoms with E-state index in [1.165, 1.54) is 16.8 Å². The molecule has 0 spiro atoms. The standard InChI is InChI=1S/C24H38N6O.HI/c1-18-13-19(2)30(28-18)12-8-11-26-24(25-5)27-14-22-9-6-7-10-23(22)17-29-15-20(3)31-21(4)16-29;/h6-7,9-10,13,20-21H,8,11-12,14-17H2,1-5H3,(H2,25,26,27);1H. The Kier molecular flexibility index (Phi) is 10.9. The second kappa shape index (κ2) is 13.2. The van der Waals surface area contributed by atoms with E-state index in [2.05, 4.69) is 81.4 Å². The number of nitrogens with one attached hydrogen (secondary N) is 2. The number of morpholine rings is 1. The average Bonchev–Trinajstić information content (AvgIpc) is 3.04. The minimum atomic E-state index is 0. The monoisotopic (exact) mass is 554 g/mol. The zero-order chi connectivity index (χ0) is 22.2. The first-order valence-corrected chi connectivity index (χ1v) is 11.3. The molecule has 2 aromatic rings. The Morgan fingerprint density at radius 3 is 2.44 bits per heavy atom. The maximum atomic E-state index is 5.88. The molecule has 1 fully saturated rings. The van der Waals surface area contributed by atoms with Gasteiger partial charge in [0.15, 0.2) is 5.96 Å². The van der Waals surface area contributed by atoms with Gasteiger partial charge in [0, 0.05) is 52.0 Å². The van der Waals surface area contributed by atoms with Crippen LogP contribution in [0.25, 0.3) is 0 Å². The number of guanidine groups is 1. The van der Waals surface area contributed by atoms with Crippen LogP contribution >= 0.6 is 24.0 Å². The molecule has 3 rings (SSSR count). The zero-order valence-corrected chi connectivity index (χ0v) is 22.4. The topological polar surface area (TPSA) is 66.7 Å². The van der Waals surface area contributed by atoms with Crippen molar-refractivity contribution in [1.82, 2.24) is 25.3 Å². The van der Waals surface area contributed by atoms with Gasteiger partial charge >= 0.3 is 0 Å². The third-order valence-corrected chi connectivity index (χ3v) is 5.62. The van der Waals surface area contributed by atoms with E-state index < -0.39 is 0 Å². The van der Waals surface area contributed by atoms with E-state index in [-0.39, 0.29) is 36.2 Å². The predicted octanol–water partition coefficient (Wildman–Crippen LogP) is 3.48. The second-order valence-corrected chi connectivity index (χ2v) is 8.58. The molecule has 8 heteroatoms. The molecule has 1 aromatic heterocycles. The van der Waals surface area contributed by atoms with Crippen molar-refractivity contribution in [3.05, 3.63) is 52.8 Å². The quantitative estimate of drug-likeness (QED) is 0.227. The summed E-state index contributed by atoms with van der Waals surface area (Å²) in [7, 11) is 1.82. The Bertz CT molecular complexity index is 858. The molecule has 0 bridgehead atoms. The van der Waals surface area contributed by atoms with Crippen LogP contribution in [0.15, 0.2) is 35.3 Å². The zero-order valence-electron chi connectivity index (χ0n) is 20.1. The van der Waals surface area contributed by atoms with Gasteiger partial charge in [-0.05, 0) is 51.3 Å². The van der Waals surface area contributed by atoms with Crippen LogP contribution in [0.5, 0.6) is 0 Å². The Hall–Kier alpha value is -1.65. The lowest BCUT2D eigenvalue weighted by Crippen LogP contribution is -2.45. The van der Waals surface area contributed by atoms with Crippen molar-refractivity contribution in [2.45, 2.75) is 66.0 Å². The van der Waals surface area contributed by atoms with E-state index in [0.29, 0.717) is 0 Å². The van der Waals surface area contributed by atoms with E-state index >= 15 is 0 Å². The summed E-state index contributed by atoms with van der Waals surface area (Å²) in [6, 6.07) is 10.8. The summed E-state index contributed by atoms with van der Waals surface area (Å²) in [5, 5.41) is 11.4. The normalized spacial score (nSPS) is 19.5. The highest BCUT2D eigenvalue weighted by molar-refractivity contribution is 14.0. The van der Waals surface area contributed by atoms with Gasteiger partial charge in [-0.25, -0.2) is 0 Å². The van der Waals surface area contributed by atoms with Gasteiger partial charge in [-0.1, -0.05) is 24.3 Å². The summed E-state index contributed by atoms with van der Waals surface area (Å²) in [4.78, 5) is 6.87. The minimum Gasteiger partial charge on any atom is -0.373 e. The molecule has 2 atom stereocenters. The molecule has 2 heterocycles. The number of aliphatic imine (C=N–C) groups is 1. The molecule has 7 nitrogen and oxygen atoms in total. The predicted molar refractivity (Wildman–Crippen MR) is 142 cm³/mol. The number of halogens is 1. The smallest absolute Gasteiger partial charge is 0.191 e. The van der Waals surface area contributed by atoms with Crippen LogP contribution in [-0.4, -0.2) is 59.5 Å². The lowest BCUT2D eigenvalue weighted by Gasteiger charge is -2.35. The lowest BCUT2D eigenvalue weighted by molar-refractivity contribution is -0.0705. The van der Waals surface area contributed by atoms with Crippen molar-refractivity contribution < 1.29 is 4.74 Å². The third kappa shape index (κ3) is 8.04.